The van der Waals surface area contributed by atoms with E-state index in [0.717, 1.165) is 47.3 Å². The van der Waals surface area contributed by atoms with Gasteiger partial charge in [0, 0.05) is 20.1 Å². The summed E-state index contributed by atoms with van der Waals surface area (Å²) in [7, 11) is 3.46. The SMILES string of the molecule is CN=C(NCCc1ccc2c(c1)OCO2)NCc1ccc(C)c(OC)c1.I. The molecule has 0 aliphatic carbocycles. The predicted molar refractivity (Wildman–Crippen MR) is 118 cm³/mol. The van der Waals surface area contributed by atoms with Crippen molar-refractivity contribution in [3.63, 3.8) is 0 Å². The molecular formula is C20H26IN3O3. The molecule has 0 atom stereocenters. The Morgan fingerprint density at radius 3 is 2.63 bits per heavy atom. The van der Waals surface area contributed by atoms with Crippen LogP contribution >= 0.6 is 24.0 Å². The van der Waals surface area contributed by atoms with E-state index < -0.39 is 0 Å². The van der Waals surface area contributed by atoms with Crippen LogP contribution in [0.5, 0.6) is 17.2 Å². The van der Waals surface area contributed by atoms with Gasteiger partial charge in [-0.3, -0.25) is 4.99 Å². The van der Waals surface area contributed by atoms with Crippen LogP contribution in [0.25, 0.3) is 0 Å². The maximum absolute atomic E-state index is 5.41. The van der Waals surface area contributed by atoms with Gasteiger partial charge < -0.3 is 24.8 Å². The van der Waals surface area contributed by atoms with Crippen molar-refractivity contribution in [3.8, 4) is 17.2 Å². The van der Waals surface area contributed by atoms with E-state index in [0.29, 0.717) is 13.3 Å². The molecule has 1 aliphatic rings. The molecule has 0 fully saturated rings. The lowest BCUT2D eigenvalue weighted by atomic mass is 10.1. The van der Waals surface area contributed by atoms with Gasteiger partial charge in [0.15, 0.2) is 17.5 Å². The molecule has 3 rings (SSSR count). The second-order valence-corrected chi connectivity index (χ2v) is 6.09. The number of fused-ring (bicyclic) bond motifs is 1. The Morgan fingerprint density at radius 2 is 1.85 bits per heavy atom. The zero-order valence-corrected chi connectivity index (χ0v) is 18.2. The molecule has 1 aliphatic heterocycles. The highest BCUT2D eigenvalue weighted by molar-refractivity contribution is 14.0. The first-order valence-electron chi connectivity index (χ1n) is 8.66. The third kappa shape index (κ3) is 5.66. The van der Waals surface area contributed by atoms with Crippen LogP contribution in [-0.4, -0.2) is 33.5 Å². The molecule has 2 aromatic carbocycles. The summed E-state index contributed by atoms with van der Waals surface area (Å²) in [5.74, 6) is 3.30. The zero-order chi connectivity index (χ0) is 18.4. The van der Waals surface area contributed by atoms with Gasteiger partial charge in [-0.05, 0) is 48.2 Å². The quantitative estimate of drug-likeness (QED) is 0.375. The van der Waals surface area contributed by atoms with Crippen LogP contribution in [0.1, 0.15) is 16.7 Å². The average Bonchev–Trinajstić information content (AvgIpc) is 3.13. The van der Waals surface area contributed by atoms with Crippen LogP contribution in [0, 0.1) is 6.92 Å². The van der Waals surface area contributed by atoms with E-state index in [9.17, 15) is 0 Å². The molecule has 2 N–H and O–H groups in total. The van der Waals surface area contributed by atoms with Crippen molar-refractivity contribution in [3.05, 3.63) is 53.1 Å². The molecule has 27 heavy (non-hydrogen) atoms. The minimum atomic E-state index is 0. The first kappa shape index (κ1) is 21.1. The standard InChI is InChI=1S/C20H25N3O3.HI/c1-14-4-5-16(11-18(14)24-3)12-23-20(21-2)22-9-8-15-6-7-17-19(10-15)26-13-25-17;/h4-7,10-11H,8-9,12-13H2,1-3H3,(H2,21,22,23);1H. The number of benzene rings is 2. The molecule has 0 unspecified atom stereocenters. The van der Waals surface area contributed by atoms with E-state index in [1.165, 1.54) is 5.56 Å². The van der Waals surface area contributed by atoms with E-state index in [1.807, 2.05) is 25.1 Å². The Bertz CT molecular complexity index is 796. The maximum Gasteiger partial charge on any atom is 0.231 e. The Hall–Kier alpha value is -2.16. The number of nitrogens with one attached hydrogen (secondary N) is 2. The minimum Gasteiger partial charge on any atom is -0.496 e. The van der Waals surface area contributed by atoms with Gasteiger partial charge in [-0.1, -0.05) is 18.2 Å². The molecule has 7 heteroatoms. The fraction of sp³-hybridized carbons (Fsp3) is 0.350. The molecule has 146 valence electrons. The minimum absolute atomic E-state index is 0. The normalized spacial score (nSPS) is 12.3. The summed E-state index contributed by atoms with van der Waals surface area (Å²) in [4.78, 5) is 4.27. The smallest absolute Gasteiger partial charge is 0.231 e. The average molecular weight is 483 g/mol. The van der Waals surface area contributed by atoms with Gasteiger partial charge in [-0.15, -0.1) is 24.0 Å². The number of aryl methyl sites for hydroxylation is 1. The molecule has 1 heterocycles. The van der Waals surface area contributed by atoms with Gasteiger partial charge in [0.1, 0.15) is 5.75 Å². The van der Waals surface area contributed by atoms with Crippen molar-refractivity contribution in [2.24, 2.45) is 4.99 Å². The van der Waals surface area contributed by atoms with E-state index in [2.05, 4.69) is 33.8 Å². The summed E-state index contributed by atoms with van der Waals surface area (Å²) in [5, 5.41) is 6.65. The lowest BCUT2D eigenvalue weighted by Gasteiger charge is -2.13. The summed E-state index contributed by atoms with van der Waals surface area (Å²) in [6, 6.07) is 12.2. The number of methoxy groups -OCH3 is 1. The van der Waals surface area contributed by atoms with Crippen LogP contribution < -0.4 is 24.8 Å². The van der Waals surface area contributed by atoms with Crippen molar-refractivity contribution in [2.45, 2.75) is 19.9 Å². The van der Waals surface area contributed by atoms with Gasteiger partial charge >= 0.3 is 0 Å². The molecule has 0 bridgehead atoms. The van der Waals surface area contributed by atoms with Crippen LogP contribution in [-0.2, 0) is 13.0 Å². The van der Waals surface area contributed by atoms with Crippen LogP contribution in [0.2, 0.25) is 0 Å². The molecule has 0 saturated carbocycles. The van der Waals surface area contributed by atoms with E-state index in [4.69, 9.17) is 14.2 Å². The summed E-state index contributed by atoms with van der Waals surface area (Å²) in [6.45, 7) is 3.79. The second kappa shape index (κ2) is 10.2. The van der Waals surface area contributed by atoms with Crippen LogP contribution in [0.3, 0.4) is 0 Å². The van der Waals surface area contributed by atoms with Crippen molar-refractivity contribution in [1.82, 2.24) is 10.6 Å². The van der Waals surface area contributed by atoms with Crippen LogP contribution in [0.15, 0.2) is 41.4 Å². The molecule has 2 aromatic rings. The number of guanidine groups is 1. The van der Waals surface area contributed by atoms with E-state index >= 15 is 0 Å². The Labute approximate surface area is 177 Å². The topological polar surface area (TPSA) is 64.1 Å². The number of nitrogens with zero attached hydrogens (tertiary/aromatic N) is 1. The molecule has 0 aromatic heterocycles. The molecule has 0 radical (unpaired) electrons. The Balaban J connectivity index is 0.00000261. The predicted octanol–water partition coefficient (Wildman–Crippen LogP) is 3.26. The fourth-order valence-electron chi connectivity index (χ4n) is 2.80. The summed E-state index contributed by atoms with van der Waals surface area (Å²) >= 11 is 0. The van der Waals surface area contributed by atoms with Crippen molar-refractivity contribution >= 4 is 29.9 Å². The number of rotatable bonds is 6. The number of aliphatic imine (C=N–C) groups is 1. The lowest BCUT2D eigenvalue weighted by molar-refractivity contribution is 0.174. The van der Waals surface area contributed by atoms with Gasteiger partial charge in [0.2, 0.25) is 6.79 Å². The number of hydrogen-bond donors (Lipinski definition) is 2. The van der Waals surface area contributed by atoms with E-state index in [-0.39, 0.29) is 24.0 Å². The molecule has 0 spiro atoms. The summed E-state index contributed by atoms with van der Waals surface area (Å²) in [6.07, 6.45) is 0.871. The van der Waals surface area contributed by atoms with Gasteiger partial charge in [0.25, 0.3) is 0 Å². The third-order valence-corrected chi connectivity index (χ3v) is 4.30. The van der Waals surface area contributed by atoms with Gasteiger partial charge in [-0.2, -0.15) is 0 Å². The highest BCUT2D eigenvalue weighted by Crippen LogP contribution is 2.32. The van der Waals surface area contributed by atoms with E-state index in [1.54, 1.807) is 14.2 Å². The zero-order valence-electron chi connectivity index (χ0n) is 15.9. The molecule has 0 amide bonds. The lowest BCUT2D eigenvalue weighted by Crippen LogP contribution is -2.37. The van der Waals surface area contributed by atoms with Crippen molar-refractivity contribution in [1.29, 1.82) is 0 Å². The third-order valence-electron chi connectivity index (χ3n) is 4.30. The maximum atomic E-state index is 5.41. The molecular weight excluding hydrogens is 457 g/mol. The summed E-state index contributed by atoms with van der Waals surface area (Å²) in [5.41, 5.74) is 3.47. The monoisotopic (exact) mass is 483 g/mol. The Kier molecular flexibility index (Phi) is 8.02. The van der Waals surface area contributed by atoms with Crippen LogP contribution in [0.4, 0.5) is 0 Å². The van der Waals surface area contributed by atoms with Gasteiger partial charge in [0.05, 0.1) is 7.11 Å². The highest BCUT2D eigenvalue weighted by atomic mass is 127. The number of halogens is 1. The second-order valence-electron chi connectivity index (χ2n) is 6.09. The van der Waals surface area contributed by atoms with Crippen molar-refractivity contribution in [2.75, 3.05) is 27.5 Å². The molecule has 0 saturated heterocycles. The van der Waals surface area contributed by atoms with Crippen molar-refractivity contribution < 1.29 is 14.2 Å². The largest absolute Gasteiger partial charge is 0.496 e. The number of hydrogen-bond acceptors (Lipinski definition) is 4. The number of ether oxygens (including phenoxy) is 3. The Morgan fingerprint density at radius 1 is 1.07 bits per heavy atom. The molecule has 6 nitrogen and oxygen atoms in total. The highest BCUT2D eigenvalue weighted by Gasteiger charge is 2.13. The summed E-state index contributed by atoms with van der Waals surface area (Å²) < 4.78 is 16.1. The van der Waals surface area contributed by atoms with Gasteiger partial charge in [-0.25, -0.2) is 0 Å². The first-order chi connectivity index (χ1) is 12.7. The first-order valence-corrected chi connectivity index (χ1v) is 8.66. The fourth-order valence-corrected chi connectivity index (χ4v) is 2.80.